The van der Waals surface area contributed by atoms with Crippen LogP contribution in [0.2, 0.25) is 0 Å². The standard InChI is InChI=1S/C13H14FN5/c14-10-3-1-9(2-4-10)7-17-12-6-5-11(18-8-15)13(16)19-12/h1-6,8H,7H2,(H2,15,18)(H3,16,17,19). The van der Waals surface area contributed by atoms with E-state index in [9.17, 15) is 4.39 Å². The number of pyridine rings is 1. The Morgan fingerprint density at radius 1 is 1.21 bits per heavy atom. The molecule has 19 heavy (non-hydrogen) atoms. The molecule has 1 aromatic carbocycles. The molecule has 0 atom stereocenters. The second-order valence-electron chi connectivity index (χ2n) is 3.86. The smallest absolute Gasteiger partial charge is 0.151 e. The normalized spacial score (nSPS) is 10.8. The molecule has 98 valence electrons. The third-order valence-corrected chi connectivity index (χ3v) is 2.50. The molecule has 0 amide bonds. The highest BCUT2D eigenvalue weighted by atomic mass is 19.1. The average molecular weight is 259 g/mol. The van der Waals surface area contributed by atoms with E-state index in [1.54, 1.807) is 24.3 Å². The lowest BCUT2D eigenvalue weighted by Crippen LogP contribution is -2.03. The first-order valence-corrected chi connectivity index (χ1v) is 5.68. The Bertz CT molecular complexity index is 580. The fraction of sp³-hybridized carbons (Fsp3) is 0.0769. The molecule has 0 aliphatic heterocycles. The van der Waals surface area contributed by atoms with Gasteiger partial charge in [0.05, 0.1) is 6.34 Å². The first-order valence-electron chi connectivity index (χ1n) is 5.68. The van der Waals surface area contributed by atoms with Gasteiger partial charge in [-0.1, -0.05) is 12.1 Å². The van der Waals surface area contributed by atoms with Crippen molar-refractivity contribution in [3.8, 4) is 0 Å². The van der Waals surface area contributed by atoms with Crippen molar-refractivity contribution in [1.29, 1.82) is 0 Å². The summed E-state index contributed by atoms with van der Waals surface area (Å²) in [5.41, 5.74) is 12.4. The Kier molecular flexibility index (Phi) is 3.92. The summed E-state index contributed by atoms with van der Waals surface area (Å²) in [6, 6.07) is 9.72. The SMILES string of the molecule is NC=Nc1ccc(NCc2ccc(F)cc2)nc1N. The fourth-order valence-electron chi connectivity index (χ4n) is 1.55. The summed E-state index contributed by atoms with van der Waals surface area (Å²) >= 11 is 0. The summed E-state index contributed by atoms with van der Waals surface area (Å²) in [7, 11) is 0. The predicted octanol–water partition coefficient (Wildman–Crippen LogP) is 2.03. The average Bonchev–Trinajstić information content (AvgIpc) is 2.41. The molecule has 2 rings (SSSR count). The van der Waals surface area contributed by atoms with Crippen LogP contribution in [0, 0.1) is 5.82 Å². The fourth-order valence-corrected chi connectivity index (χ4v) is 1.55. The zero-order valence-corrected chi connectivity index (χ0v) is 10.2. The summed E-state index contributed by atoms with van der Waals surface area (Å²) in [6.45, 7) is 0.534. The number of benzene rings is 1. The van der Waals surface area contributed by atoms with Crippen molar-refractivity contribution < 1.29 is 4.39 Å². The number of aliphatic imine (C=N–C) groups is 1. The molecule has 0 unspecified atom stereocenters. The van der Waals surface area contributed by atoms with Gasteiger partial charge in [0.15, 0.2) is 5.82 Å². The van der Waals surface area contributed by atoms with Crippen LogP contribution in [0.4, 0.5) is 21.7 Å². The van der Waals surface area contributed by atoms with Gasteiger partial charge in [0, 0.05) is 6.54 Å². The summed E-state index contributed by atoms with van der Waals surface area (Å²) in [6.07, 6.45) is 1.17. The minimum absolute atomic E-state index is 0.255. The number of halogens is 1. The number of hydrogen-bond acceptors (Lipinski definition) is 4. The van der Waals surface area contributed by atoms with Gasteiger partial charge in [0.1, 0.15) is 17.3 Å². The summed E-state index contributed by atoms with van der Waals surface area (Å²) in [4.78, 5) is 8.02. The van der Waals surface area contributed by atoms with E-state index in [0.29, 0.717) is 23.9 Å². The number of anilines is 2. The second kappa shape index (κ2) is 5.81. The van der Waals surface area contributed by atoms with Gasteiger partial charge in [-0.3, -0.25) is 0 Å². The van der Waals surface area contributed by atoms with E-state index >= 15 is 0 Å². The molecule has 1 heterocycles. The molecule has 0 saturated carbocycles. The van der Waals surface area contributed by atoms with E-state index < -0.39 is 0 Å². The van der Waals surface area contributed by atoms with Crippen LogP contribution in [0.5, 0.6) is 0 Å². The molecule has 1 aromatic heterocycles. The van der Waals surface area contributed by atoms with Crippen molar-refractivity contribution in [1.82, 2.24) is 4.98 Å². The lowest BCUT2D eigenvalue weighted by molar-refractivity contribution is 0.627. The van der Waals surface area contributed by atoms with E-state index in [4.69, 9.17) is 11.5 Å². The topological polar surface area (TPSA) is 89.3 Å². The number of nitrogen functional groups attached to an aromatic ring is 1. The number of rotatable bonds is 4. The van der Waals surface area contributed by atoms with Gasteiger partial charge in [-0.05, 0) is 29.8 Å². The molecule has 2 aromatic rings. The zero-order valence-electron chi connectivity index (χ0n) is 10.2. The van der Waals surface area contributed by atoms with Crippen molar-refractivity contribution in [3.63, 3.8) is 0 Å². The molecule has 0 radical (unpaired) electrons. The lowest BCUT2D eigenvalue weighted by atomic mass is 10.2. The van der Waals surface area contributed by atoms with Crippen molar-refractivity contribution in [2.24, 2.45) is 10.7 Å². The number of aromatic nitrogens is 1. The molecule has 0 aliphatic rings. The van der Waals surface area contributed by atoms with Gasteiger partial charge >= 0.3 is 0 Å². The van der Waals surface area contributed by atoms with Crippen molar-refractivity contribution in [2.75, 3.05) is 11.1 Å². The van der Waals surface area contributed by atoms with Gasteiger partial charge in [-0.25, -0.2) is 14.4 Å². The maximum absolute atomic E-state index is 12.7. The van der Waals surface area contributed by atoms with Crippen LogP contribution < -0.4 is 16.8 Å². The summed E-state index contributed by atoms with van der Waals surface area (Å²) in [5.74, 6) is 0.665. The van der Waals surface area contributed by atoms with E-state index in [1.165, 1.54) is 18.5 Å². The number of hydrogen-bond donors (Lipinski definition) is 3. The molecule has 0 fully saturated rings. The summed E-state index contributed by atoms with van der Waals surface area (Å²) < 4.78 is 12.7. The first-order chi connectivity index (χ1) is 9.19. The van der Waals surface area contributed by atoms with Gasteiger partial charge in [-0.15, -0.1) is 0 Å². The Morgan fingerprint density at radius 2 is 1.95 bits per heavy atom. The van der Waals surface area contributed by atoms with E-state index in [1.807, 2.05) is 0 Å². The van der Waals surface area contributed by atoms with Crippen LogP contribution in [0.15, 0.2) is 41.4 Å². The van der Waals surface area contributed by atoms with Gasteiger partial charge in [-0.2, -0.15) is 0 Å². The van der Waals surface area contributed by atoms with E-state index in [0.717, 1.165) is 5.56 Å². The van der Waals surface area contributed by atoms with E-state index in [2.05, 4.69) is 15.3 Å². The summed E-state index contributed by atoms with van der Waals surface area (Å²) in [5, 5.41) is 3.09. The van der Waals surface area contributed by atoms with Crippen LogP contribution >= 0.6 is 0 Å². The third-order valence-electron chi connectivity index (χ3n) is 2.50. The predicted molar refractivity (Wildman–Crippen MR) is 74.7 cm³/mol. The van der Waals surface area contributed by atoms with Crippen molar-refractivity contribution >= 4 is 23.7 Å². The molecule has 5 nitrogen and oxygen atoms in total. The maximum Gasteiger partial charge on any atom is 0.151 e. The second-order valence-corrected chi connectivity index (χ2v) is 3.86. The number of nitrogens with one attached hydrogen (secondary N) is 1. The minimum Gasteiger partial charge on any atom is -0.390 e. The van der Waals surface area contributed by atoms with Gasteiger partial charge in [0.25, 0.3) is 0 Å². The van der Waals surface area contributed by atoms with Crippen molar-refractivity contribution in [3.05, 3.63) is 47.8 Å². The largest absolute Gasteiger partial charge is 0.390 e. The highest BCUT2D eigenvalue weighted by Crippen LogP contribution is 2.21. The highest BCUT2D eigenvalue weighted by Gasteiger charge is 2.01. The zero-order chi connectivity index (χ0) is 13.7. The minimum atomic E-state index is -0.255. The lowest BCUT2D eigenvalue weighted by Gasteiger charge is -2.07. The Hall–Kier alpha value is -2.63. The third kappa shape index (κ3) is 3.41. The molecule has 0 spiro atoms. The van der Waals surface area contributed by atoms with Gasteiger partial charge in [0.2, 0.25) is 0 Å². The first kappa shape index (κ1) is 12.8. The molecular formula is C13H14FN5. The Labute approximate surface area is 110 Å². The number of nitrogens with zero attached hydrogens (tertiary/aromatic N) is 2. The highest BCUT2D eigenvalue weighted by molar-refractivity contribution is 5.68. The van der Waals surface area contributed by atoms with Crippen LogP contribution in [-0.4, -0.2) is 11.3 Å². The molecular weight excluding hydrogens is 245 g/mol. The van der Waals surface area contributed by atoms with Crippen LogP contribution in [-0.2, 0) is 6.54 Å². The van der Waals surface area contributed by atoms with Gasteiger partial charge < -0.3 is 16.8 Å². The molecule has 5 N–H and O–H groups in total. The molecule has 0 saturated heterocycles. The van der Waals surface area contributed by atoms with Crippen LogP contribution in [0.1, 0.15) is 5.56 Å². The maximum atomic E-state index is 12.7. The van der Waals surface area contributed by atoms with Crippen LogP contribution in [0.3, 0.4) is 0 Å². The molecule has 0 aliphatic carbocycles. The Morgan fingerprint density at radius 3 is 2.58 bits per heavy atom. The number of nitrogens with two attached hydrogens (primary N) is 2. The quantitative estimate of drug-likeness (QED) is 0.579. The van der Waals surface area contributed by atoms with Crippen molar-refractivity contribution in [2.45, 2.75) is 6.54 Å². The van der Waals surface area contributed by atoms with Crippen LogP contribution in [0.25, 0.3) is 0 Å². The monoisotopic (exact) mass is 259 g/mol. The Balaban J connectivity index is 2.03. The molecule has 0 bridgehead atoms. The van der Waals surface area contributed by atoms with E-state index in [-0.39, 0.29) is 5.82 Å². The molecule has 6 heteroatoms.